The first-order valence-corrected chi connectivity index (χ1v) is 5.32. The van der Waals surface area contributed by atoms with Crippen LogP contribution >= 0.6 is 0 Å². The monoisotopic (exact) mass is 231 g/mol. The van der Waals surface area contributed by atoms with Crippen molar-refractivity contribution in [2.75, 3.05) is 32.9 Å². The first kappa shape index (κ1) is 12.9. The highest BCUT2D eigenvalue weighted by molar-refractivity contribution is 5.78. The number of amides is 1. The van der Waals surface area contributed by atoms with Crippen molar-refractivity contribution in [3.8, 4) is 0 Å². The number of nitrogens with zero attached hydrogens (tertiary/aromatic N) is 1. The molecule has 6 heteroatoms. The summed E-state index contributed by atoms with van der Waals surface area (Å²) in [5.74, 6) is -1.25. The zero-order valence-corrected chi connectivity index (χ0v) is 9.35. The van der Waals surface area contributed by atoms with Gasteiger partial charge in [-0.15, -0.1) is 0 Å². The second-order valence-electron chi connectivity index (χ2n) is 3.63. The molecule has 1 N–H and O–H groups in total. The predicted molar refractivity (Wildman–Crippen MR) is 55.1 cm³/mol. The van der Waals surface area contributed by atoms with E-state index in [0.29, 0.717) is 19.7 Å². The molecule has 1 rings (SSSR count). The first-order chi connectivity index (χ1) is 7.63. The Balaban J connectivity index is 2.27. The molecule has 92 valence electrons. The van der Waals surface area contributed by atoms with Crippen molar-refractivity contribution in [1.29, 1.82) is 0 Å². The minimum Gasteiger partial charge on any atom is -0.480 e. The van der Waals surface area contributed by atoms with Crippen LogP contribution in [0.5, 0.6) is 0 Å². The van der Waals surface area contributed by atoms with Crippen LogP contribution in [0.1, 0.15) is 13.3 Å². The average Bonchev–Trinajstić information content (AvgIpc) is 2.28. The third-order valence-corrected chi connectivity index (χ3v) is 2.40. The van der Waals surface area contributed by atoms with Gasteiger partial charge >= 0.3 is 5.97 Å². The van der Waals surface area contributed by atoms with Crippen LogP contribution in [0.2, 0.25) is 0 Å². The lowest BCUT2D eigenvalue weighted by atomic mass is 10.2. The molecule has 1 aliphatic rings. The van der Waals surface area contributed by atoms with E-state index in [1.165, 1.54) is 0 Å². The van der Waals surface area contributed by atoms with E-state index in [1.807, 2.05) is 6.92 Å². The van der Waals surface area contributed by atoms with Gasteiger partial charge in [0.1, 0.15) is 13.2 Å². The van der Waals surface area contributed by atoms with E-state index in [0.717, 1.165) is 6.42 Å². The molecule has 0 aliphatic carbocycles. The summed E-state index contributed by atoms with van der Waals surface area (Å²) in [6, 6.07) is 0. The standard InChI is InChI=1S/C10H17NO5/c1-2-8-5-11(3-4-16-8)9(12)6-15-7-10(13)14/h8H,2-7H2,1H3,(H,13,14). The molecule has 1 amide bonds. The Kier molecular flexibility index (Phi) is 5.21. The third kappa shape index (κ3) is 4.16. The number of hydrogen-bond donors (Lipinski definition) is 1. The maximum absolute atomic E-state index is 11.6. The largest absolute Gasteiger partial charge is 0.480 e. The lowest BCUT2D eigenvalue weighted by Gasteiger charge is -2.32. The Morgan fingerprint density at radius 1 is 1.50 bits per heavy atom. The highest BCUT2D eigenvalue weighted by Gasteiger charge is 2.22. The van der Waals surface area contributed by atoms with Crippen LogP contribution in [-0.2, 0) is 19.1 Å². The summed E-state index contributed by atoms with van der Waals surface area (Å²) in [4.78, 5) is 23.4. The lowest BCUT2D eigenvalue weighted by molar-refractivity contribution is -0.149. The molecule has 1 heterocycles. The minimum absolute atomic E-state index is 0.0807. The zero-order chi connectivity index (χ0) is 12.0. The highest BCUT2D eigenvalue weighted by Crippen LogP contribution is 2.08. The summed E-state index contributed by atoms with van der Waals surface area (Å²) in [6.45, 7) is 3.02. The molecule has 1 aliphatic heterocycles. The van der Waals surface area contributed by atoms with Crippen LogP contribution in [-0.4, -0.2) is 60.9 Å². The minimum atomic E-state index is -1.07. The number of carboxylic acid groups (broad SMARTS) is 1. The van der Waals surface area contributed by atoms with Gasteiger partial charge in [0.2, 0.25) is 5.91 Å². The van der Waals surface area contributed by atoms with Gasteiger partial charge in [0.15, 0.2) is 0 Å². The summed E-state index contributed by atoms with van der Waals surface area (Å²) in [5.41, 5.74) is 0. The highest BCUT2D eigenvalue weighted by atomic mass is 16.5. The van der Waals surface area contributed by atoms with Gasteiger partial charge in [0, 0.05) is 13.1 Å². The van der Waals surface area contributed by atoms with Crippen molar-refractivity contribution in [1.82, 2.24) is 4.90 Å². The van der Waals surface area contributed by atoms with Crippen molar-refractivity contribution in [2.24, 2.45) is 0 Å². The SMILES string of the molecule is CCC1CN(C(=O)COCC(=O)O)CCO1. The van der Waals surface area contributed by atoms with Crippen molar-refractivity contribution < 1.29 is 24.2 Å². The smallest absolute Gasteiger partial charge is 0.329 e. The molecule has 1 fully saturated rings. The molecule has 1 atom stereocenters. The number of carbonyl (C=O) groups excluding carboxylic acids is 1. The van der Waals surface area contributed by atoms with E-state index in [2.05, 4.69) is 0 Å². The van der Waals surface area contributed by atoms with Crippen LogP contribution in [0, 0.1) is 0 Å². The fourth-order valence-corrected chi connectivity index (χ4v) is 1.51. The zero-order valence-electron chi connectivity index (χ0n) is 9.35. The van der Waals surface area contributed by atoms with E-state index in [1.54, 1.807) is 4.90 Å². The molecule has 0 saturated carbocycles. The molecular weight excluding hydrogens is 214 g/mol. The second kappa shape index (κ2) is 6.44. The van der Waals surface area contributed by atoms with E-state index in [-0.39, 0.29) is 18.6 Å². The third-order valence-electron chi connectivity index (χ3n) is 2.40. The molecule has 0 aromatic carbocycles. The van der Waals surface area contributed by atoms with Gasteiger partial charge in [-0.1, -0.05) is 6.92 Å². The van der Waals surface area contributed by atoms with Crippen molar-refractivity contribution >= 4 is 11.9 Å². The predicted octanol–water partition coefficient (Wildman–Crippen LogP) is -0.275. The van der Waals surface area contributed by atoms with Gasteiger partial charge in [0.25, 0.3) is 0 Å². The molecule has 0 bridgehead atoms. The van der Waals surface area contributed by atoms with E-state index < -0.39 is 12.6 Å². The normalized spacial score (nSPS) is 20.8. The maximum atomic E-state index is 11.6. The summed E-state index contributed by atoms with van der Waals surface area (Å²) >= 11 is 0. The van der Waals surface area contributed by atoms with Gasteiger partial charge in [-0.05, 0) is 6.42 Å². The number of morpholine rings is 1. The Hall–Kier alpha value is -1.14. The topological polar surface area (TPSA) is 76.1 Å². The molecular formula is C10H17NO5. The molecule has 1 unspecified atom stereocenters. The van der Waals surface area contributed by atoms with Crippen LogP contribution in [0.4, 0.5) is 0 Å². The average molecular weight is 231 g/mol. The van der Waals surface area contributed by atoms with Crippen LogP contribution < -0.4 is 0 Å². The number of ether oxygens (including phenoxy) is 2. The maximum Gasteiger partial charge on any atom is 0.329 e. The summed E-state index contributed by atoms with van der Waals surface area (Å²) in [6.07, 6.45) is 0.942. The Bertz CT molecular complexity index is 256. The van der Waals surface area contributed by atoms with Crippen molar-refractivity contribution in [2.45, 2.75) is 19.4 Å². The molecule has 0 radical (unpaired) electrons. The second-order valence-corrected chi connectivity index (χ2v) is 3.63. The molecule has 0 aromatic rings. The fourth-order valence-electron chi connectivity index (χ4n) is 1.51. The van der Waals surface area contributed by atoms with Crippen LogP contribution in [0.3, 0.4) is 0 Å². The van der Waals surface area contributed by atoms with E-state index in [4.69, 9.17) is 14.6 Å². The number of aliphatic carboxylic acids is 1. The Morgan fingerprint density at radius 2 is 2.25 bits per heavy atom. The van der Waals surface area contributed by atoms with Gasteiger partial charge in [-0.3, -0.25) is 4.79 Å². The van der Waals surface area contributed by atoms with E-state index in [9.17, 15) is 9.59 Å². The van der Waals surface area contributed by atoms with Gasteiger partial charge in [-0.2, -0.15) is 0 Å². The van der Waals surface area contributed by atoms with Gasteiger partial charge in [-0.25, -0.2) is 4.79 Å². The molecule has 0 spiro atoms. The quantitative estimate of drug-likeness (QED) is 0.704. The van der Waals surface area contributed by atoms with Gasteiger partial charge < -0.3 is 19.5 Å². The summed E-state index contributed by atoms with van der Waals surface area (Å²) < 4.78 is 10.2. The van der Waals surface area contributed by atoms with Crippen molar-refractivity contribution in [3.63, 3.8) is 0 Å². The number of carboxylic acids is 1. The molecule has 16 heavy (non-hydrogen) atoms. The van der Waals surface area contributed by atoms with E-state index >= 15 is 0 Å². The molecule has 6 nitrogen and oxygen atoms in total. The van der Waals surface area contributed by atoms with Crippen LogP contribution in [0.25, 0.3) is 0 Å². The van der Waals surface area contributed by atoms with Gasteiger partial charge in [0.05, 0.1) is 12.7 Å². The number of carbonyl (C=O) groups is 2. The summed E-state index contributed by atoms with van der Waals surface area (Å²) in [7, 11) is 0. The summed E-state index contributed by atoms with van der Waals surface area (Å²) in [5, 5.41) is 8.35. The number of hydrogen-bond acceptors (Lipinski definition) is 4. The lowest BCUT2D eigenvalue weighted by Crippen LogP contribution is -2.46. The Morgan fingerprint density at radius 3 is 2.88 bits per heavy atom. The van der Waals surface area contributed by atoms with Crippen LogP contribution in [0.15, 0.2) is 0 Å². The Labute approximate surface area is 94.1 Å². The molecule has 1 saturated heterocycles. The van der Waals surface area contributed by atoms with Crippen molar-refractivity contribution in [3.05, 3.63) is 0 Å². The first-order valence-electron chi connectivity index (χ1n) is 5.32. The number of rotatable bonds is 5. The fraction of sp³-hybridized carbons (Fsp3) is 0.800. The molecule has 0 aromatic heterocycles.